The summed E-state index contributed by atoms with van der Waals surface area (Å²) in [5.74, 6) is 0.316. The van der Waals surface area contributed by atoms with Gasteiger partial charge in [-0.2, -0.15) is 0 Å². The van der Waals surface area contributed by atoms with Crippen molar-refractivity contribution >= 4 is 10.0 Å². The highest BCUT2D eigenvalue weighted by atomic mass is 32.2. The molecule has 0 bridgehead atoms. The Bertz CT molecular complexity index is 242. The summed E-state index contributed by atoms with van der Waals surface area (Å²) in [7, 11) is -3.00. The minimum absolute atomic E-state index is 0.316. The first-order valence-corrected chi connectivity index (χ1v) is 8.17. The molecule has 0 aromatic heterocycles. The first kappa shape index (κ1) is 15.9. The van der Waals surface area contributed by atoms with Crippen LogP contribution < -0.4 is 0 Å². The molecule has 0 saturated heterocycles. The third kappa shape index (κ3) is 6.48. The van der Waals surface area contributed by atoms with Crippen molar-refractivity contribution in [1.82, 2.24) is 4.31 Å². The van der Waals surface area contributed by atoms with E-state index in [1.54, 1.807) is 4.31 Å². The molecule has 0 spiro atoms. The average Bonchev–Trinajstić information content (AvgIpc) is 2.26. The van der Waals surface area contributed by atoms with Gasteiger partial charge in [0.05, 0.1) is 5.75 Å². The van der Waals surface area contributed by atoms with Gasteiger partial charge in [-0.3, -0.25) is 0 Å². The second-order valence-electron chi connectivity index (χ2n) is 4.28. The zero-order valence-electron chi connectivity index (χ0n) is 11.0. The van der Waals surface area contributed by atoms with Crippen LogP contribution in [0.1, 0.15) is 59.3 Å². The van der Waals surface area contributed by atoms with Gasteiger partial charge in [-0.15, -0.1) is 0 Å². The molecule has 4 heteroatoms. The second-order valence-corrected chi connectivity index (χ2v) is 6.36. The van der Waals surface area contributed by atoms with E-state index < -0.39 is 10.0 Å². The summed E-state index contributed by atoms with van der Waals surface area (Å²) in [4.78, 5) is 0. The molecule has 0 saturated carbocycles. The van der Waals surface area contributed by atoms with Crippen LogP contribution in [0.5, 0.6) is 0 Å². The van der Waals surface area contributed by atoms with Gasteiger partial charge in [0.25, 0.3) is 0 Å². The zero-order valence-corrected chi connectivity index (χ0v) is 11.9. The van der Waals surface area contributed by atoms with E-state index in [1.807, 2.05) is 6.92 Å². The molecule has 0 atom stereocenters. The summed E-state index contributed by atoms with van der Waals surface area (Å²) in [5, 5.41) is 0. The van der Waals surface area contributed by atoms with Crippen LogP contribution in [-0.4, -0.2) is 31.6 Å². The number of unbranched alkanes of at least 4 members (excludes halogenated alkanes) is 3. The molecule has 0 unspecified atom stereocenters. The molecule has 0 aromatic carbocycles. The SMILES string of the molecule is CCCCN(CCCC)S(=O)(=O)CCCC. The van der Waals surface area contributed by atoms with E-state index in [2.05, 4.69) is 13.8 Å². The Balaban J connectivity index is 4.33. The van der Waals surface area contributed by atoms with Crippen LogP contribution in [0.3, 0.4) is 0 Å². The standard InChI is InChI=1S/C12H27NO2S/c1-4-7-10-13(11-8-5-2)16(14,15)12-9-6-3/h4-12H2,1-3H3. The maximum absolute atomic E-state index is 12.0. The summed E-state index contributed by atoms with van der Waals surface area (Å²) in [6.45, 7) is 7.61. The van der Waals surface area contributed by atoms with Gasteiger partial charge in [0.2, 0.25) is 10.0 Å². The molecular weight excluding hydrogens is 222 g/mol. The number of hydrogen-bond acceptors (Lipinski definition) is 2. The molecule has 0 aliphatic carbocycles. The highest BCUT2D eigenvalue weighted by Gasteiger charge is 2.19. The third-order valence-corrected chi connectivity index (χ3v) is 4.63. The number of hydrogen-bond donors (Lipinski definition) is 0. The Hall–Kier alpha value is -0.0900. The van der Waals surface area contributed by atoms with Gasteiger partial charge in [0.1, 0.15) is 0 Å². The molecule has 0 fully saturated rings. The van der Waals surface area contributed by atoms with E-state index in [0.29, 0.717) is 18.8 Å². The number of nitrogens with zero attached hydrogens (tertiary/aromatic N) is 1. The minimum Gasteiger partial charge on any atom is -0.212 e. The Kier molecular flexibility index (Phi) is 8.94. The fraction of sp³-hybridized carbons (Fsp3) is 1.00. The van der Waals surface area contributed by atoms with Crippen LogP contribution in [0.15, 0.2) is 0 Å². The first-order valence-electron chi connectivity index (χ1n) is 6.56. The van der Waals surface area contributed by atoms with Gasteiger partial charge < -0.3 is 0 Å². The number of rotatable bonds is 10. The Morgan fingerprint density at radius 1 is 0.812 bits per heavy atom. The second kappa shape index (κ2) is 8.99. The highest BCUT2D eigenvalue weighted by molar-refractivity contribution is 7.89. The fourth-order valence-electron chi connectivity index (χ4n) is 1.51. The van der Waals surface area contributed by atoms with Crippen molar-refractivity contribution in [3.05, 3.63) is 0 Å². The van der Waals surface area contributed by atoms with Gasteiger partial charge in [0, 0.05) is 13.1 Å². The fourth-order valence-corrected chi connectivity index (χ4v) is 3.24. The first-order chi connectivity index (χ1) is 7.58. The van der Waals surface area contributed by atoms with Crippen LogP contribution in [0, 0.1) is 0 Å². The minimum atomic E-state index is -3.00. The molecule has 0 amide bonds. The summed E-state index contributed by atoms with van der Waals surface area (Å²) >= 11 is 0. The van der Waals surface area contributed by atoms with Crippen LogP contribution in [0.4, 0.5) is 0 Å². The van der Waals surface area contributed by atoms with Crippen molar-refractivity contribution in [3.8, 4) is 0 Å². The Morgan fingerprint density at radius 2 is 1.25 bits per heavy atom. The molecule has 16 heavy (non-hydrogen) atoms. The van der Waals surface area contributed by atoms with Crippen LogP contribution in [0.25, 0.3) is 0 Å². The lowest BCUT2D eigenvalue weighted by Gasteiger charge is -2.21. The maximum Gasteiger partial charge on any atom is 0.214 e. The molecule has 0 rings (SSSR count). The van der Waals surface area contributed by atoms with Crippen molar-refractivity contribution in [1.29, 1.82) is 0 Å². The molecular formula is C12H27NO2S. The maximum atomic E-state index is 12.0. The van der Waals surface area contributed by atoms with E-state index in [0.717, 1.165) is 38.5 Å². The summed E-state index contributed by atoms with van der Waals surface area (Å²) in [5.41, 5.74) is 0. The zero-order chi connectivity index (χ0) is 12.4. The van der Waals surface area contributed by atoms with Crippen molar-refractivity contribution in [2.45, 2.75) is 59.3 Å². The van der Waals surface area contributed by atoms with Crippen LogP contribution >= 0.6 is 0 Å². The van der Waals surface area contributed by atoms with E-state index in [1.165, 1.54) is 0 Å². The molecule has 98 valence electrons. The van der Waals surface area contributed by atoms with Crippen LogP contribution in [0.2, 0.25) is 0 Å². The molecule has 0 aromatic rings. The molecule has 3 nitrogen and oxygen atoms in total. The molecule has 0 N–H and O–H groups in total. The highest BCUT2D eigenvalue weighted by Crippen LogP contribution is 2.08. The molecule has 0 heterocycles. The monoisotopic (exact) mass is 249 g/mol. The third-order valence-electron chi connectivity index (χ3n) is 2.67. The van der Waals surface area contributed by atoms with Crippen LogP contribution in [-0.2, 0) is 10.0 Å². The lowest BCUT2D eigenvalue weighted by atomic mass is 10.3. The van der Waals surface area contributed by atoms with Crippen molar-refractivity contribution < 1.29 is 8.42 Å². The van der Waals surface area contributed by atoms with Gasteiger partial charge in [-0.05, 0) is 19.3 Å². The molecule has 0 aliphatic heterocycles. The smallest absolute Gasteiger partial charge is 0.212 e. The van der Waals surface area contributed by atoms with Gasteiger partial charge in [0.15, 0.2) is 0 Å². The lowest BCUT2D eigenvalue weighted by Crippen LogP contribution is -2.34. The normalized spacial score (nSPS) is 12.2. The largest absolute Gasteiger partial charge is 0.214 e. The van der Waals surface area contributed by atoms with E-state index >= 15 is 0 Å². The topological polar surface area (TPSA) is 37.4 Å². The lowest BCUT2D eigenvalue weighted by molar-refractivity contribution is 0.394. The molecule has 0 aliphatic rings. The van der Waals surface area contributed by atoms with Crippen molar-refractivity contribution in [2.24, 2.45) is 0 Å². The van der Waals surface area contributed by atoms with E-state index in [-0.39, 0.29) is 0 Å². The van der Waals surface area contributed by atoms with E-state index in [9.17, 15) is 8.42 Å². The molecule has 0 radical (unpaired) electrons. The predicted molar refractivity (Wildman–Crippen MR) is 70.1 cm³/mol. The predicted octanol–water partition coefficient (Wildman–Crippen LogP) is 3.02. The summed E-state index contributed by atoms with van der Waals surface area (Å²) in [6.07, 6.45) is 5.74. The van der Waals surface area contributed by atoms with Gasteiger partial charge >= 0.3 is 0 Å². The van der Waals surface area contributed by atoms with E-state index in [4.69, 9.17) is 0 Å². The quantitative estimate of drug-likeness (QED) is 0.597. The summed E-state index contributed by atoms with van der Waals surface area (Å²) < 4.78 is 25.7. The average molecular weight is 249 g/mol. The van der Waals surface area contributed by atoms with Gasteiger partial charge in [-0.25, -0.2) is 12.7 Å². The van der Waals surface area contributed by atoms with Crippen molar-refractivity contribution in [3.63, 3.8) is 0 Å². The Morgan fingerprint density at radius 3 is 1.62 bits per heavy atom. The van der Waals surface area contributed by atoms with Gasteiger partial charge in [-0.1, -0.05) is 40.0 Å². The Labute approximate surface area is 101 Å². The number of sulfonamides is 1. The van der Waals surface area contributed by atoms with Crippen molar-refractivity contribution in [2.75, 3.05) is 18.8 Å². The summed E-state index contributed by atoms with van der Waals surface area (Å²) in [6, 6.07) is 0.